The van der Waals surface area contributed by atoms with Gasteiger partial charge in [0.1, 0.15) is 28.8 Å². The fraction of sp³-hybridized carbons (Fsp3) is 0.182. The van der Waals surface area contributed by atoms with Crippen LogP contribution in [0.2, 0.25) is 0 Å². The van der Waals surface area contributed by atoms with E-state index >= 15 is 0 Å². The lowest BCUT2D eigenvalue weighted by Gasteiger charge is -2.16. The molecular weight excluding hydrogens is 436 g/mol. The summed E-state index contributed by atoms with van der Waals surface area (Å²) in [4.78, 5) is 31.4. The second-order valence-corrected chi connectivity index (χ2v) is 7.62. The molecule has 3 atom stereocenters. The number of ether oxygens (including phenoxy) is 2. The highest BCUT2D eigenvalue weighted by molar-refractivity contribution is 5.90. The standard InChI is InChI=1S/C22H17F2N5O4/c23-13-3-4-14(24)20-18(13)17-12(9-32-20)19(17)29-22(31)28-16-6-2-11(8-27-16)33-10-1-5-15(21(25)30)26-7-10/h1-8,12,17,19H,9H2,(H2,25,30)(H2,27,28,29,31)/t12-,17-,19-/m1/s1. The number of anilines is 1. The quantitative estimate of drug-likeness (QED) is 0.545. The number of carbonyl (C=O) groups excluding carboxylic acids is 2. The van der Waals surface area contributed by atoms with Gasteiger partial charge >= 0.3 is 6.03 Å². The number of pyridine rings is 2. The summed E-state index contributed by atoms with van der Waals surface area (Å²) in [5.41, 5.74) is 5.42. The normalized spacial score (nSPS) is 20.0. The van der Waals surface area contributed by atoms with Crippen LogP contribution in [0.1, 0.15) is 22.0 Å². The van der Waals surface area contributed by atoms with Gasteiger partial charge in [-0.3, -0.25) is 10.1 Å². The molecular formula is C22H17F2N5O4. The number of benzene rings is 1. The van der Waals surface area contributed by atoms with Crippen molar-refractivity contribution in [1.29, 1.82) is 0 Å². The van der Waals surface area contributed by atoms with Gasteiger partial charge in [-0.2, -0.15) is 0 Å². The highest BCUT2D eigenvalue weighted by Crippen LogP contribution is 2.55. The Balaban J connectivity index is 1.18. The molecule has 1 aliphatic heterocycles. The Morgan fingerprint density at radius 2 is 1.76 bits per heavy atom. The van der Waals surface area contributed by atoms with Crippen molar-refractivity contribution in [3.63, 3.8) is 0 Å². The molecule has 0 unspecified atom stereocenters. The van der Waals surface area contributed by atoms with E-state index < -0.39 is 23.6 Å². The number of hydrogen-bond acceptors (Lipinski definition) is 6. The number of aromatic nitrogens is 2. The van der Waals surface area contributed by atoms with Gasteiger partial charge in [0.15, 0.2) is 11.6 Å². The van der Waals surface area contributed by atoms with Crippen LogP contribution in [0.15, 0.2) is 48.8 Å². The van der Waals surface area contributed by atoms with Gasteiger partial charge in [0.25, 0.3) is 5.91 Å². The molecule has 0 saturated heterocycles. The number of primary amides is 1. The molecule has 168 valence electrons. The molecule has 0 bridgehead atoms. The summed E-state index contributed by atoms with van der Waals surface area (Å²) in [6, 6.07) is 7.28. The number of nitrogens with zero attached hydrogens (tertiary/aromatic N) is 2. The molecule has 1 aliphatic carbocycles. The summed E-state index contributed by atoms with van der Waals surface area (Å²) in [6.07, 6.45) is 2.75. The summed E-state index contributed by atoms with van der Waals surface area (Å²) >= 11 is 0. The van der Waals surface area contributed by atoms with E-state index in [9.17, 15) is 18.4 Å². The zero-order chi connectivity index (χ0) is 23.1. The Morgan fingerprint density at radius 3 is 2.42 bits per heavy atom. The maximum Gasteiger partial charge on any atom is 0.320 e. The van der Waals surface area contributed by atoms with Crippen molar-refractivity contribution < 1.29 is 27.8 Å². The van der Waals surface area contributed by atoms with Gasteiger partial charge < -0.3 is 20.5 Å². The number of fused-ring (bicyclic) bond motifs is 3. The van der Waals surface area contributed by atoms with Crippen LogP contribution in [0.4, 0.5) is 19.4 Å². The predicted octanol–water partition coefficient (Wildman–Crippen LogP) is 2.94. The Hall–Kier alpha value is -4.28. The van der Waals surface area contributed by atoms with Crippen LogP contribution in [-0.2, 0) is 0 Å². The smallest absolute Gasteiger partial charge is 0.320 e. The van der Waals surface area contributed by atoms with E-state index in [4.69, 9.17) is 15.2 Å². The molecule has 0 radical (unpaired) electrons. The molecule has 4 N–H and O–H groups in total. The first-order chi connectivity index (χ1) is 15.9. The first kappa shape index (κ1) is 20.6. The fourth-order valence-corrected chi connectivity index (χ4v) is 3.90. The second-order valence-electron chi connectivity index (χ2n) is 7.62. The summed E-state index contributed by atoms with van der Waals surface area (Å²) in [5.74, 6) is -1.34. The fourth-order valence-electron chi connectivity index (χ4n) is 3.90. The molecule has 2 aromatic heterocycles. The van der Waals surface area contributed by atoms with Crippen molar-refractivity contribution in [1.82, 2.24) is 15.3 Å². The van der Waals surface area contributed by atoms with Crippen molar-refractivity contribution in [3.05, 3.63) is 71.7 Å². The first-order valence-corrected chi connectivity index (χ1v) is 9.98. The summed E-state index contributed by atoms with van der Waals surface area (Å²) in [6.45, 7) is 0.197. The molecule has 3 amide bonds. The number of rotatable bonds is 5. The van der Waals surface area contributed by atoms with Crippen LogP contribution in [0, 0.1) is 17.6 Å². The molecule has 3 aromatic rings. The topological polar surface area (TPSA) is 128 Å². The molecule has 3 heterocycles. The number of hydrogen-bond donors (Lipinski definition) is 3. The van der Waals surface area contributed by atoms with E-state index in [2.05, 4.69) is 20.6 Å². The predicted molar refractivity (Wildman–Crippen MR) is 111 cm³/mol. The largest absolute Gasteiger partial charge is 0.490 e. The van der Waals surface area contributed by atoms with E-state index in [1.165, 1.54) is 24.5 Å². The van der Waals surface area contributed by atoms with Gasteiger partial charge in [0.2, 0.25) is 0 Å². The molecule has 9 nitrogen and oxygen atoms in total. The summed E-state index contributed by atoms with van der Waals surface area (Å²) in [7, 11) is 0. The summed E-state index contributed by atoms with van der Waals surface area (Å²) < 4.78 is 39.1. The molecule has 11 heteroatoms. The van der Waals surface area contributed by atoms with Crippen LogP contribution >= 0.6 is 0 Å². The van der Waals surface area contributed by atoms with Gasteiger partial charge in [-0.25, -0.2) is 23.5 Å². The molecule has 1 aromatic carbocycles. The highest BCUT2D eigenvalue weighted by atomic mass is 19.1. The van der Waals surface area contributed by atoms with E-state index in [0.29, 0.717) is 11.5 Å². The number of nitrogens with two attached hydrogens (primary N) is 1. The molecule has 1 fully saturated rings. The zero-order valence-corrected chi connectivity index (χ0v) is 16.9. The van der Waals surface area contributed by atoms with Crippen LogP contribution in [0.25, 0.3) is 0 Å². The highest BCUT2D eigenvalue weighted by Gasteiger charge is 2.57. The van der Waals surface area contributed by atoms with Gasteiger partial charge in [-0.05, 0) is 36.4 Å². The number of carbonyl (C=O) groups is 2. The van der Waals surface area contributed by atoms with E-state index in [1.54, 1.807) is 12.1 Å². The first-order valence-electron chi connectivity index (χ1n) is 9.98. The van der Waals surface area contributed by atoms with E-state index in [0.717, 1.165) is 12.1 Å². The van der Waals surface area contributed by atoms with Crippen LogP contribution in [-0.4, -0.2) is 34.6 Å². The third-order valence-corrected chi connectivity index (χ3v) is 5.52. The van der Waals surface area contributed by atoms with Crippen molar-refractivity contribution in [2.24, 2.45) is 11.7 Å². The maximum atomic E-state index is 14.2. The lowest BCUT2D eigenvalue weighted by molar-refractivity contribution is 0.0995. The average molecular weight is 453 g/mol. The number of amides is 3. The van der Waals surface area contributed by atoms with Gasteiger partial charge in [-0.1, -0.05) is 0 Å². The molecule has 2 aliphatic rings. The lowest BCUT2D eigenvalue weighted by Crippen LogP contribution is -2.32. The lowest BCUT2D eigenvalue weighted by atomic mass is 10.0. The van der Waals surface area contributed by atoms with E-state index in [-0.39, 0.29) is 47.3 Å². The number of urea groups is 1. The minimum atomic E-state index is -0.642. The molecule has 1 saturated carbocycles. The average Bonchev–Trinajstić information content (AvgIpc) is 3.50. The Morgan fingerprint density at radius 1 is 1.03 bits per heavy atom. The van der Waals surface area contributed by atoms with Crippen LogP contribution in [0.5, 0.6) is 17.2 Å². The number of halogens is 2. The van der Waals surface area contributed by atoms with Gasteiger partial charge in [0, 0.05) is 23.4 Å². The second kappa shape index (κ2) is 8.01. The Labute approximate surface area is 185 Å². The molecule has 0 spiro atoms. The Bertz CT molecular complexity index is 1240. The van der Waals surface area contributed by atoms with Crippen molar-refractivity contribution >= 4 is 17.8 Å². The maximum absolute atomic E-state index is 14.2. The Kier molecular flexibility index (Phi) is 5.00. The van der Waals surface area contributed by atoms with E-state index in [1.807, 2.05) is 0 Å². The van der Waals surface area contributed by atoms with Crippen molar-refractivity contribution in [2.45, 2.75) is 12.0 Å². The SMILES string of the molecule is NC(=O)c1ccc(Oc2ccc(NC(=O)N[C@@H]3[C@@H]4COc5c(F)ccc(F)c5[C@@H]43)nc2)cn1. The number of nitrogens with one attached hydrogen (secondary N) is 2. The van der Waals surface area contributed by atoms with Gasteiger partial charge in [-0.15, -0.1) is 0 Å². The minimum Gasteiger partial charge on any atom is -0.490 e. The van der Waals surface area contributed by atoms with Crippen molar-refractivity contribution in [3.8, 4) is 17.2 Å². The molecule has 5 rings (SSSR count). The zero-order valence-electron chi connectivity index (χ0n) is 16.9. The van der Waals surface area contributed by atoms with Crippen molar-refractivity contribution in [2.75, 3.05) is 11.9 Å². The van der Waals surface area contributed by atoms with Gasteiger partial charge in [0.05, 0.1) is 19.0 Å². The molecule has 33 heavy (non-hydrogen) atoms. The van der Waals surface area contributed by atoms with Crippen LogP contribution < -0.4 is 25.8 Å². The summed E-state index contributed by atoms with van der Waals surface area (Å²) in [5, 5.41) is 5.36. The monoisotopic (exact) mass is 453 g/mol. The third-order valence-electron chi connectivity index (χ3n) is 5.52. The third kappa shape index (κ3) is 4.00. The minimum absolute atomic E-state index is 0.0855. The van der Waals surface area contributed by atoms with Crippen LogP contribution in [0.3, 0.4) is 0 Å².